The van der Waals surface area contributed by atoms with E-state index < -0.39 is 0 Å². The normalized spacial score (nSPS) is 11.7. The molecule has 0 aliphatic rings. The highest BCUT2D eigenvalue weighted by atomic mass is 16.3. The summed E-state index contributed by atoms with van der Waals surface area (Å²) in [6.07, 6.45) is 0. The molecule has 57 heavy (non-hydrogen) atoms. The van der Waals surface area contributed by atoms with Crippen LogP contribution in [0.1, 0.15) is 11.1 Å². The van der Waals surface area contributed by atoms with Gasteiger partial charge in [0.2, 0.25) is 0 Å². The van der Waals surface area contributed by atoms with Crippen LogP contribution in [0.5, 0.6) is 0 Å². The molecular weight excluding hydrogens is 689 g/mol. The van der Waals surface area contributed by atoms with Gasteiger partial charge in [-0.3, -0.25) is 0 Å². The van der Waals surface area contributed by atoms with E-state index >= 15 is 0 Å². The lowest BCUT2D eigenvalue weighted by Gasteiger charge is -2.19. The molecule has 0 saturated carbocycles. The molecule has 0 spiro atoms. The average Bonchev–Trinajstić information content (AvgIpc) is 3.63. The summed E-state index contributed by atoms with van der Waals surface area (Å²) in [5.41, 5.74) is 16.4. The van der Waals surface area contributed by atoms with Crippen molar-refractivity contribution < 1.29 is 4.42 Å². The standard InChI is InChI=1S/C56H38O/c1-35-15-3-6-22-44(35)53-36(2)50(34-51-45-23-11-12-28-52(45)57-56(51)53)41-19-14-21-43(33-41)55-48-26-9-7-24-46(48)54(47-25-8-10-27-49(47)55)42-20-13-18-39(32-42)40-30-29-37-16-4-5-17-38(37)31-40/h3-34H,1-2H3. The molecule has 1 heteroatoms. The van der Waals surface area contributed by atoms with Crippen molar-refractivity contribution in [3.05, 3.63) is 205 Å². The molecule has 0 aliphatic carbocycles. The smallest absolute Gasteiger partial charge is 0.143 e. The fourth-order valence-electron chi connectivity index (χ4n) is 9.25. The number of para-hydroxylation sites is 1. The predicted molar refractivity (Wildman–Crippen MR) is 243 cm³/mol. The minimum atomic E-state index is 0.911. The van der Waals surface area contributed by atoms with E-state index in [-0.39, 0.29) is 0 Å². The molecule has 1 nitrogen and oxygen atoms in total. The van der Waals surface area contributed by atoms with Crippen molar-refractivity contribution in [3.8, 4) is 55.6 Å². The van der Waals surface area contributed by atoms with Crippen molar-refractivity contribution in [2.24, 2.45) is 0 Å². The van der Waals surface area contributed by atoms with Gasteiger partial charge in [-0.15, -0.1) is 0 Å². The zero-order valence-electron chi connectivity index (χ0n) is 31.9. The van der Waals surface area contributed by atoms with Crippen LogP contribution in [0.4, 0.5) is 0 Å². The van der Waals surface area contributed by atoms with Gasteiger partial charge in [0.05, 0.1) is 0 Å². The van der Waals surface area contributed by atoms with Gasteiger partial charge in [0.25, 0.3) is 0 Å². The van der Waals surface area contributed by atoms with Crippen LogP contribution < -0.4 is 0 Å². The van der Waals surface area contributed by atoms with E-state index in [1.165, 1.54) is 93.5 Å². The van der Waals surface area contributed by atoms with Crippen molar-refractivity contribution in [2.45, 2.75) is 13.8 Å². The lowest BCUT2D eigenvalue weighted by Crippen LogP contribution is -1.93. The maximum Gasteiger partial charge on any atom is 0.143 e. The van der Waals surface area contributed by atoms with Crippen molar-refractivity contribution in [1.29, 1.82) is 0 Å². The Kier molecular flexibility index (Phi) is 7.69. The molecule has 0 N–H and O–H groups in total. The Balaban J connectivity index is 1.12. The maximum atomic E-state index is 6.65. The molecule has 0 aliphatic heterocycles. The number of benzene rings is 10. The van der Waals surface area contributed by atoms with Crippen LogP contribution in [0, 0.1) is 13.8 Å². The first kappa shape index (κ1) is 33.1. The lowest BCUT2D eigenvalue weighted by atomic mass is 9.84. The quantitative estimate of drug-likeness (QED) is 0.161. The highest BCUT2D eigenvalue weighted by Gasteiger charge is 2.21. The van der Waals surface area contributed by atoms with Crippen LogP contribution in [0.25, 0.3) is 110 Å². The zero-order chi connectivity index (χ0) is 38.0. The SMILES string of the molecule is Cc1ccccc1-c1c(C)c(-c2cccc(-c3c4ccccc4c(-c4cccc(-c5ccc6ccccc6c5)c4)c4ccccc34)c2)cc2c1oc1ccccc12. The number of hydrogen-bond donors (Lipinski definition) is 0. The molecule has 0 unspecified atom stereocenters. The molecular formula is C56H38O. The third-order valence-corrected chi connectivity index (χ3v) is 12.0. The molecule has 10 aromatic carbocycles. The lowest BCUT2D eigenvalue weighted by molar-refractivity contribution is 0.669. The van der Waals surface area contributed by atoms with Crippen LogP contribution >= 0.6 is 0 Å². The number of rotatable bonds is 5. The van der Waals surface area contributed by atoms with E-state index in [1.54, 1.807) is 0 Å². The highest BCUT2D eigenvalue weighted by molar-refractivity contribution is 6.22. The number of hydrogen-bond acceptors (Lipinski definition) is 1. The highest BCUT2D eigenvalue weighted by Crippen LogP contribution is 2.47. The maximum absolute atomic E-state index is 6.65. The average molecular weight is 727 g/mol. The monoisotopic (exact) mass is 726 g/mol. The van der Waals surface area contributed by atoms with Gasteiger partial charge in [-0.1, -0.05) is 164 Å². The molecule has 0 atom stereocenters. The third-order valence-electron chi connectivity index (χ3n) is 12.0. The summed E-state index contributed by atoms with van der Waals surface area (Å²) in [7, 11) is 0. The van der Waals surface area contributed by atoms with E-state index in [0.717, 1.165) is 27.5 Å². The molecule has 0 radical (unpaired) electrons. The molecule has 11 aromatic rings. The van der Waals surface area contributed by atoms with E-state index in [4.69, 9.17) is 4.42 Å². The fourth-order valence-corrected chi connectivity index (χ4v) is 9.25. The molecule has 268 valence electrons. The first-order valence-corrected chi connectivity index (χ1v) is 19.8. The number of furan rings is 1. The second-order valence-corrected chi connectivity index (χ2v) is 15.3. The molecule has 1 aromatic heterocycles. The molecule has 1 heterocycles. The molecule has 0 saturated heterocycles. The Morgan fingerprint density at radius 2 is 0.842 bits per heavy atom. The van der Waals surface area contributed by atoms with E-state index in [2.05, 4.69) is 208 Å². The largest absolute Gasteiger partial charge is 0.455 e. The van der Waals surface area contributed by atoms with Gasteiger partial charge >= 0.3 is 0 Å². The van der Waals surface area contributed by atoms with Crippen LogP contribution in [-0.4, -0.2) is 0 Å². The van der Waals surface area contributed by atoms with E-state index in [9.17, 15) is 0 Å². The Bertz CT molecular complexity index is 3320. The number of fused-ring (bicyclic) bond motifs is 6. The van der Waals surface area contributed by atoms with Gasteiger partial charge in [-0.2, -0.15) is 0 Å². The second-order valence-electron chi connectivity index (χ2n) is 15.3. The Labute approximate surface area is 332 Å². The summed E-state index contributed by atoms with van der Waals surface area (Å²) in [6, 6.07) is 70.9. The Morgan fingerprint density at radius 1 is 0.316 bits per heavy atom. The van der Waals surface area contributed by atoms with Crippen LogP contribution in [-0.2, 0) is 0 Å². The van der Waals surface area contributed by atoms with Gasteiger partial charge < -0.3 is 4.42 Å². The summed E-state index contributed by atoms with van der Waals surface area (Å²) in [4.78, 5) is 0. The summed E-state index contributed by atoms with van der Waals surface area (Å²) in [6.45, 7) is 4.44. The summed E-state index contributed by atoms with van der Waals surface area (Å²) >= 11 is 0. The van der Waals surface area contributed by atoms with Gasteiger partial charge in [-0.25, -0.2) is 0 Å². The van der Waals surface area contributed by atoms with Gasteiger partial charge in [0, 0.05) is 16.3 Å². The van der Waals surface area contributed by atoms with E-state index in [1.807, 2.05) is 0 Å². The van der Waals surface area contributed by atoms with Crippen molar-refractivity contribution in [2.75, 3.05) is 0 Å². The van der Waals surface area contributed by atoms with Gasteiger partial charge in [-0.05, 0) is 138 Å². The van der Waals surface area contributed by atoms with Gasteiger partial charge in [0.15, 0.2) is 0 Å². The van der Waals surface area contributed by atoms with Crippen molar-refractivity contribution in [3.63, 3.8) is 0 Å². The predicted octanol–water partition coefficient (Wildman–Crippen LogP) is 16.0. The first-order valence-electron chi connectivity index (χ1n) is 19.8. The van der Waals surface area contributed by atoms with Crippen molar-refractivity contribution >= 4 is 54.3 Å². The van der Waals surface area contributed by atoms with Crippen LogP contribution in [0.3, 0.4) is 0 Å². The van der Waals surface area contributed by atoms with E-state index in [0.29, 0.717) is 0 Å². The van der Waals surface area contributed by atoms with Crippen LogP contribution in [0.2, 0.25) is 0 Å². The zero-order valence-corrected chi connectivity index (χ0v) is 31.9. The van der Waals surface area contributed by atoms with Crippen molar-refractivity contribution in [1.82, 2.24) is 0 Å². The summed E-state index contributed by atoms with van der Waals surface area (Å²) in [5, 5.41) is 9.77. The van der Waals surface area contributed by atoms with Gasteiger partial charge in [0.1, 0.15) is 11.2 Å². The minimum absolute atomic E-state index is 0.911. The third kappa shape index (κ3) is 5.39. The second kappa shape index (κ2) is 13.2. The van der Waals surface area contributed by atoms with Crippen LogP contribution in [0.15, 0.2) is 199 Å². The summed E-state index contributed by atoms with van der Waals surface area (Å²) in [5.74, 6) is 0. The number of aryl methyl sites for hydroxylation is 1. The summed E-state index contributed by atoms with van der Waals surface area (Å²) < 4.78 is 6.65. The minimum Gasteiger partial charge on any atom is -0.455 e. The first-order chi connectivity index (χ1) is 28.1. The molecule has 0 bridgehead atoms. The molecule has 11 rings (SSSR count). The molecule has 0 amide bonds. The Hall–Kier alpha value is -7.22. The topological polar surface area (TPSA) is 13.1 Å². The Morgan fingerprint density at radius 3 is 1.53 bits per heavy atom. The fraction of sp³-hybridized carbons (Fsp3) is 0.0357. The molecule has 0 fully saturated rings.